The Balaban J connectivity index is 2.86. The van der Waals surface area contributed by atoms with Crippen molar-refractivity contribution in [3.63, 3.8) is 0 Å². The molecule has 1 nitrogen and oxygen atoms in total. The molecule has 0 radical (unpaired) electrons. The van der Waals surface area contributed by atoms with E-state index in [1.54, 1.807) is 6.07 Å². The summed E-state index contributed by atoms with van der Waals surface area (Å²) in [7, 11) is 0. The fourth-order valence-electron chi connectivity index (χ4n) is 2.03. The predicted octanol–water partition coefficient (Wildman–Crippen LogP) is 5.14. The fourth-order valence-corrected chi connectivity index (χ4v) is 2.81. The van der Waals surface area contributed by atoms with Crippen LogP contribution in [0.4, 0.5) is 13.2 Å². The van der Waals surface area contributed by atoms with Gasteiger partial charge < -0.3 is 0 Å². The summed E-state index contributed by atoms with van der Waals surface area (Å²) in [6.07, 6.45) is -2.94. The van der Waals surface area contributed by atoms with E-state index >= 15 is 0 Å². The van der Waals surface area contributed by atoms with Crippen LogP contribution in [0.25, 0.3) is 10.9 Å². The third kappa shape index (κ3) is 2.23. The van der Waals surface area contributed by atoms with Crippen molar-refractivity contribution < 1.29 is 13.2 Å². The molecule has 0 amide bonds. The zero-order valence-corrected chi connectivity index (χ0v) is 11.4. The van der Waals surface area contributed by atoms with E-state index < -0.39 is 11.7 Å². The standard InChI is InChI=1S/C13H11BrF3N/c1-7(2)11-8-4-3-5-9(13(15,16)17)12(8)18-6-10(11)14/h3-7H,1-2H3. The minimum Gasteiger partial charge on any atom is -0.254 e. The highest BCUT2D eigenvalue weighted by molar-refractivity contribution is 9.10. The summed E-state index contributed by atoms with van der Waals surface area (Å²) in [5.41, 5.74) is 0.178. The fraction of sp³-hybridized carbons (Fsp3) is 0.308. The van der Waals surface area contributed by atoms with Crippen LogP contribution in [0, 0.1) is 0 Å². The van der Waals surface area contributed by atoms with Crippen LogP contribution in [-0.2, 0) is 6.18 Å². The van der Waals surface area contributed by atoms with E-state index in [2.05, 4.69) is 20.9 Å². The van der Waals surface area contributed by atoms with E-state index in [0.29, 0.717) is 5.39 Å². The molecule has 18 heavy (non-hydrogen) atoms. The number of benzene rings is 1. The van der Waals surface area contributed by atoms with Crippen LogP contribution < -0.4 is 0 Å². The van der Waals surface area contributed by atoms with Crippen molar-refractivity contribution in [1.29, 1.82) is 0 Å². The first kappa shape index (κ1) is 13.3. The first-order valence-corrected chi connectivity index (χ1v) is 6.26. The molecule has 0 spiro atoms. The lowest BCUT2D eigenvalue weighted by Crippen LogP contribution is -2.07. The van der Waals surface area contributed by atoms with Crippen LogP contribution in [0.15, 0.2) is 28.9 Å². The summed E-state index contributed by atoms with van der Waals surface area (Å²) in [4.78, 5) is 3.92. The van der Waals surface area contributed by atoms with E-state index in [0.717, 1.165) is 16.1 Å². The van der Waals surface area contributed by atoms with Crippen LogP contribution >= 0.6 is 15.9 Å². The first-order chi connectivity index (χ1) is 8.32. The van der Waals surface area contributed by atoms with Crippen LogP contribution in [-0.4, -0.2) is 4.98 Å². The van der Waals surface area contributed by atoms with Crippen molar-refractivity contribution in [3.05, 3.63) is 40.0 Å². The van der Waals surface area contributed by atoms with E-state index in [1.165, 1.54) is 12.3 Å². The van der Waals surface area contributed by atoms with E-state index in [4.69, 9.17) is 0 Å². The molecule has 0 unspecified atom stereocenters. The maximum Gasteiger partial charge on any atom is 0.418 e. The molecular formula is C13H11BrF3N. The SMILES string of the molecule is CC(C)c1c(Br)cnc2c(C(F)(F)F)cccc12. The number of alkyl halides is 3. The molecule has 0 N–H and O–H groups in total. The molecule has 0 saturated carbocycles. The Kier molecular flexibility index (Phi) is 3.36. The second-order valence-electron chi connectivity index (χ2n) is 4.37. The molecule has 1 aromatic heterocycles. The van der Waals surface area contributed by atoms with Gasteiger partial charge in [-0.05, 0) is 33.5 Å². The zero-order valence-electron chi connectivity index (χ0n) is 9.85. The predicted molar refractivity (Wildman–Crippen MR) is 68.5 cm³/mol. The van der Waals surface area contributed by atoms with Gasteiger partial charge in [-0.25, -0.2) is 0 Å². The number of para-hydroxylation sites is 1. The van der Waals surface area contributed by atoms with Gasteiger partial charge in [-0.2, -0.15) is 13.2 Å². The minimum atomic E-state index is -4.38. The highest BCUT2D eigenvalue weighted by Crippen LogP contribution is 2.38. The molecule has 0 aliphatic carbocycles. The normalized spacial score (nSPS) is 12.4. The first-order valence-electron chi connectivity index (χ1n) is 5.46. The van der Waals surface area contributed by atoms with Crippen molar-refractivity contribution in [2.45, 2.75) is 25.9 Å². The van der Waals surface area contributed by atoms with Crippen LogP contribution in [0.1, 0.15) is 30.9 Å². The summed E-state index contributed by atoms with van der Waals surface area (Å²) >= 11 is 3.35. The highest BCUT2D eigenvalue weighted by atomic mass is 79.9. The lowest BCUT2D eigenvalue weighted by atomic mass is 9.97. The molecule has 0 aliphatic rings. The van der Waals surface area contributed by atoms with Gasteiger partial charge in [-0.3, -0.25) is 4.98 Å². The van der Waals surface area contributed by atoms with Crippen molar-refractivity contribution in [2.24, 2.45) is 0 Å². The van der Waals surface area contributed by atoms with Crippen molar-refractivity contribution in [1.82, 2.24) is 4.98 Å². The molecular weight excluding hydrogens is 307 g/mol. The summed E-state index contributed by atoms with van der Waals surface area (Å²) in [6.45, 7) is 3.89. The molecule has 2 aromatic rings. The zero-order chi connectivity index (χ0) is 13.5. The van der Waals surface area contributed by atoms with Crippen molar-refractivity contribution in [3.8, 4) is 0 Å². The smallest absolute Gasteiger partial charge is 0.254 e. The number of fused-ring (bicyclic) bond motifs is 1. The van der Waals surface area contributed by atoms with Crippen molar-refractivity contribution >= 4 is 26.8 Å². The number of hydrogen-bond donors (Lipinski definition) is 0. The van der Waals surface area contributed by atoms with Gasteiger partial charge >= 0.3 is 6.18 Å². The van der Waals surface area contributed by atoms with Gasteiger partial charge in [-0.15, -0.1) is 0 Å². The summed E-state index contributed by atoms with van der Waals surface area (Å²) in [5.74, 6) is 0.119. The lowest BCUT2D eigenvalue weighted by molar-refractivity contribution is -0.136. The Bertz CT molecular complexity index is 591. The van der Waals surface area contributed by atoms with Crippen molar-refractivity contribution in [2.75, 3.05) is 0 Å². The Labute approximate surface area is 111 Å². The molecule has 0 fully saturated rings. The number of hydrogen-bond acceptors (Lipinski definition) is 1. The molecule has 0 bridgehead atoms. The number of rotatable bonds is 1. The average Bonchev–Trinajstić information content (AvgIpc) is 2.25. The van der Waals surface area contributed by atoms with Gasteiger partial charge in [0.1, 0.15) is 0 Å². The minimum absolute atomic E-state index is 0.0110. The monoisotopic (exact) mass is 317 g/mol. The van der Waals surface area contributed by atoms with E-state index in [-0.39, 0.29) is 11.4 Å². The third-order valence-corrected chi connectivity index (χ3v) is 3.41. The Morgan fingerprint density at radius 2 is 1.89 bits per heavy atom. The molecule has 1 heterocycles. The Morgan fingerprint density at radius 1 is 1.22 bits per heavy atom. The maximum absolute atomic E-state index is 12.9. The second-order valence-corrected chi connectivity index (χ2v) is 5.23. The van der Waals surface area contributed by atoms with Gasteiger partial charge in [0, 0.05) is 16.1 Å². The van der Waals surface area contributed by atoms with E-state index in [1.807, 2.05) is 13.8 Å². The van der Waals surface area contributed by atoms with Crippen LogP contribution in [0.5, 0.6) is 0 Å². The maximum atomic E-state index is 12.9. The molecule has 5 heteroatoms. The summed E-state index contributed by atoms with van der Waals surface area (Å²) in [5, 5.41) is 0.550. The van der Waals surface area contributed by atoms with Gasteiger partial charge in [0.05, 0.1) is 11.1 Å². The van der Waals surface area contributed by atoms with Gasteiger partial charge in [0.2, 0.25) is 0 Å². The molecule has 0 atom stereocenters. The molecule has 2 rings (SSSR count). The number of halogens is 4. The molecule has 1 aromatic carbocycles. The van der Waals surface area contributed by atoms with Crippen LogP contribution in [0.2, 0.25) is 0 Å². The number of aromatic nitrogens is 1. The van der Waals surface area contributed by atoms with Gasteiger partial charge in [-0.1, -0.05) is 26.0 Å². The summed E-state index contributed by atoms with van der Waals surface area (Å²) < 4.78 is 39.4. The quantitative estimate of drug-likeness (QED) is 0.709. The van der Waals surface area contributed by atoms with Crippen LogP contribution in [0.3, 0.4) is 0 Å². The highest BCUT2D eigenvalue weighted by Gasteiger charge is 2.33. The second kappa shape index (κ2) is 4.53. The number of pyridine rings is 1. The Hall–Kier alpha value is -1.10. The van der Waals surface area contributed by atoms with Gasteiger partial charge in [0.25, 0.3) is 0 Å². The Morgan fingerprint density at radius 3 is 2.44 bits per heavy atom. The molecule has 96 valence electrons. The molecule has 0 saturated heterocycles. The topological polar surface area (TPSA) is 12.9 Å². The number of nitrogens with zero attached hydrogens (tertiary/aromatic N) is 1. The van der Waals surface area contributed by atoms with E-state index in [9.17, 15) is 13.2 Å². The average molecular weight is 318 g/mol. The van der Waals surface area contributed by atoms with Gasteiger partial charge in [0.15, 0.2) is 0 Å². The lowest BCUT2D eigenvalue weighted by Gasteiger charge is -2.15. The summed E-state index contributed by atoms with van der Waals surface area (Å²) in [6, 6.07) is 4.16. The molecule has 0 aliphatic heterocycles. The third-order valence-electron chi connectivity index (χ3n) is 2.77. The largest absolute Gasteiger partial charge is 0.418 e.